The molecule has 1 spiro atoms. The van der Waals surface area contributed by atoms with Crippen molar-refractivity contribution < 1.29 is 19.0 Å². The molecule has 2 fully saturated rings. The summed E-state index contributed by atoms with van der Waals surface area (Å²) in [6.45, 7) is 0.220. The second-order valence-electron chi connectivity index (χ2n) is 8.17. The molecule has 5 nitrogen and oxygen atoms in total. The average molecular weight is 379 g/mol. The van der Waals surface area contributed by atoms with Crippen molar-refractivity contribution in [3.63, 3.8) is 0 Å². The highest BCUT2D eigenvalue weighted by molar-refractivity contribution is 5.85. The van der Waals surface area contributed by atoms with Crippen molar-refractivity contribution >= 4 is 11.8 Å². The van der Waals surface area contributed by atoms with E-state index in [4.69, 9.17) is 14.2 Å². The first-order valence-electron chi connectivity index (χ1n) is 10.1. The second-order valence-corrected chi connectivity index (χ2v) is 8.17. The highest BCUT2D eigenvalue weighted by Gasteiger charge is 2.50. The van der Waals surface area contributed by atoms with Crippen molar-refractivity contribution in [2.24, 2.45) is 5.41 Å². The minimum Gasteiger partial charge on any atom is -0.454 e. The zero-order chi connectivity index (χ0) is 19.0. The lowest BCUT2D eigenvalue weighted by atomic mass is 9.56. The van der Waals surface area contributed by atoms with Crippen molar-refractivity contribution in [2.75, 3.05) is 12.1 Å². The van der Waals surface area contributed by atoms with Crippen molar-refractivity contribution in [2.45, 2.75) is 50.5 Å². The molecular weight excluding hydrogens is 354 g/mol. The molecule has 1 unspecified atom stereocenters. The summed E-state index contributed by atoms with van der Waals surface area (Å²) in [6.07, 6.45) is 6.39. The van der Waals surface area contributed by atoms with Crippen LogP contribution in [0.25, 0.3) is 0 Å². The molecule has 2 aromatic rings. The minimum absolute atomic E-state index is 0.0261. The molecule has 0 saturated heterocycles. The molecule has 3 aliphatic rings. The van der Waals surface area contributed by atoms with Crippen molar-refractivity contribution in [3.8, 4) is 11.5 Å². The Morgan fingerprint density at radius 2 is 1.71 bits per heavy atom. The van der Waals surface area contributed by atoms with E-state index in [2.05, 4.69) is 35.6 Å². The lowest BCUT2D eigenvalue weighted by molar-refractivity contribution is -0.0915. The molecule has 0 radical (unpaired) electrons. The van der Waals surface area contributed by atoms with Crippen LogP contribution in [0.1, 0.15) is 50.0 Å². The molecule has 0 aromatic heterocycles. The number of fused-ring (bicyclic) bond motifs is 1. The number of carbonyl (C=O) groups is 1. The molecule has 2 saturated carbocycles. The third-order valence-corrected chi connectivity index (χ3v) is 6.71. The summed E-state index contributed by atoms with van der Waals surface area (Å²) in [5.41, 5.74) is 2.28. The van der Waals surface area contributed by atoms with Crippen LogP contribution in [0.3, 0.4) is 0 Å². The van der Waals surface area contributed by atoms with E-state index in [-0.39, 0.29) is 24.4 Å². The van der Waals surface area contributed by atoms with Crippen LogP contribution in [0.2, 0.25) is 0 Å². The molecule has 1 aliphatic heterocycles. The number of anilines is 1. The number of nitrogens with one attached hydrogen (secondary N) is 1. The van der Waals surface area contributed by atoms with Gasteiger partial charge in [0.15, 0.2) is 11.5 Å². The predicted molar refractivity (Wildman–Crippen MR) is 106 cm³/mol. The van der Waals surface area contributed by atoms with Crippen molar-refractivity contribution in [1.82, 2.24) is 0 Å². The van der Waals surface area contributed by atoms with Crippen molar-refractivity contribution in [3.05, 3.63) is 54.1 Å². The molecule has 1 N–H and O–H groups in total. The number of benzene rings is 2. The molecule has 28 heavy (non-hydrogen) atoms. The summed E-state index contributed by atoms with van der Waals surface area (Å²) in [4.78, 5) is 12.4. The van der Waals surface area contributed by atoms with Crippen LogP contribution in [0.4, 0.5) is 10.5 Å². The third-order valence-electron chi connectivity index (χ3n) is 6.71. The van der Waals surface area contributed by atoms with E-state index in [1.54, 1.807) is 18.2 Å². The molecule has 1 heterocycles. The van der Waals surface area contributed by atoms with E-state index < -0.39 is 0 Å². The second kappa shape index (κ2) is 7.04. The molecule has 2 aliphatic carbocycles. The topological polar surface area (TPSA) is 56.8 Å². The summed E-state index contributed by atoms with van der Waals surface area (Å²) < 4.78 is 16.5. The number of ether oxygens (including phenoxy) is 3. The number of rotatable bonds is 3. The summed E-state index contributed by atoms with van der Waals surface area (Å²) in [6, 6.07) is 16.1. The van der Waals surface area contributed by atoms with E-state index in [0.717, 1.165) is 25.7 Å². The van der Waals surface area contributed by atoms with Gasteiger partial charge >= 0.3 is 6.09 Å². The molecule has 0 bridgehead atoms. The van der Waals surface area contributed by atoms with Gasteiger partial charge in [0.05, 0.1) is 0 Å². The van der Waals surface area contributed by atoms with Gasteiger partial charge in [0.1, 0.15) is 6.10 Å². The van der Waals surface area contributed by atoms with E-state index in [1.807, 2.05) is 0 Å². The Kier molecular flexibility index (Phi) is 4.38. The highest BCUT2D eigenvalue weighted by atomic mass is 16.7. The van der Waals surface area contributed by atoms with Gasteiger partial charge in [-0.05, 0) is 62.1 Å². The van der Waals surface area contributed by atoms with Gasteiger partial charge in [0, 0.05) is 17.2 Å². The van der Waals surface area contributed by atoms with Crippen molar-refractivity contribution in [1.29, 1.82) is 0 Å². The number of hydrogen-bond donors (Lipinski definition) is 1. The Morgan fingerprint density at radius 1 is 0.964 bits per heavy atom. The van der Waals surface area contributed by atoms with E-state index in [9.17, 15) is 4.79 Å². The lowest BCUT2D eigenvalue weighted by Crippen LogP contribution is -2.49. The summed E-state index contributed by atoms with van der Waals surface area (Å²) in [5.74, 6) is 1.99. The SMILES string of the molecule is O=C(Nc1ccc2c(c1)OCO2)OC1CCC12CCC(c1ccccc1)CC2. The van der Waals surface area contributed by atoms with Gasteiger partial charge in [0.25, 0.3) is 0 Å². The van der Waals surface area contributed by atoms with Gasteiger partial charge in [0.2, 0.25) is 6.79 Å². The maximum Gasteiger partial charge on any atom is 0.411 e. The first-order valence-corrected chi connectivity index (χ1v) is 10.1. The fourth-order valence-corrected chi connectivity index (χ4v) is 4.93. The predicted octanol–water partition coefficient (Wildman–Crippen LogP) is 5.47. The van der Waals surface area contributed by atoms with Crippen LogP contribution in [-0.4, -0.2) is 19.0 Å². The zero-order valence-electron chi connectivity index (χ0n) is 15.9. The van der Waals surface area contributed by atoms with Gasteiger partial charge in [-0.15, -0.1) is 0 Å². The first kappa shape index (κ1) is 17.4. The Balaban J connectivity index is 1.17. The smallest absolute Gasteiger partial charge is 0.411 e. The van der Waals surface area contributed by atoms with Gasteiger partial charge in [-0.3, -0.25) is 5.32 Å². The van der Waals surface area contributed by atoms with Crippen LogP contribution in [0.5, 0.6) is 11.5 Å². The molecule has 146 valence electrons. The monoisotopic (exact) mass is 379 g/mol. The average Bonchev–Trinajstić information content (AvgIpc) is 3.20. The fourth-order valence-electron chi connectivity index (χ4n) is 4.93. The van der Waals surface area contributed by atoms with Crippen LogP contribution >= 0.6 is 0 Å². The molecule has 2 aromatic carbocycles. The van der Waals surface area contributed by atoms with Gasteiger partial charge in [-0.1, -0.05) is 30.3 Å². The zero-order valence-corrected chi connectivity index (χ0v) is 15.9. The van der Waals surface area contributed by atoms with Crippen LogP contribution in [0.15, 0.2) is 48.5 Å². The Morgan fingerprint density at radius 3 is 2.46 bits per heavy atom. The largest absolute Gasteiger partial charge is 0.454 e. The van der Waals surface area contributed by atoms with Crippen LogP contribution in [0, 0.1) is 5.41 Å². The summed E-state index contributed by atoms with van der Waals surface area (Å²) in [7, 11) is 0. The molecule has 5 heteroatoms. The van der Waals surface area contributed by atoms with E-state index >= 15 is 0 Å². The Hall–Kier alpha value is -2.69. The molecular formula is C23H25NO4. The summed E-state index contributed by atoms with van der Waals surface area (Å²) in [5, 5.41) is 2.83. The Bertz CT molecular complexity index is 858. The maximum atomic E-state index is 12.4. The minimum atomic E-state index is -0.381. The maximum absolute atomic E-state index is 12.4. The first-order chi connectivity index (χ1) is 13.7. The van der Waals surface area contributed by atoms with Crippen LogP contribution < -0.4 is 14.8 Å². The molecule has 1 atom stereocenters. The standard InChI is InChI=1S/C23H25NO4/c25-22(24-18-6-7-19-20(14-18)27-15-26-19)28-21-10-13-23(21)11-8-17(9-12-23)16-4-2-1-3-5-16/h1-7,14,17,21H,8-13,15H2,(H,24,25). The number of hydrogen-bond acceptors (Lipinski definition) is 4. The quantitative estimate of drug-likeness (QED) is 0.768. The Labute approximate surface area is 165 Å². The number of carbonyl (C=O) groups excluding carboxylic acids is 1. The van der Waals surface area contributed by atoms with Gasteiger partial charge in [-0.25, -0.2) is 4.79 Å². The molecule has 1 amide bonds. The fraction of sp³-hybridized carbons (Fsp3) is 0.435. The van der Waals surface area contributed by atoms with Gasteiger partial charge < -0.3 is 14.2 Å². The third kappa shape index (κ3) is 3.19. The number of amides is 1. The van der Waals surface area contributed by atoms with E-state index in [1.165, 1.54) is 18.4 Å². The summed E-state index contributed by atoms with van der Waals surface area (Å²) >= 11 is 0. The normalized spacial score (nSPS) is 27.9. The lowest BCUT2D eigenvalue weighted by Gasteiger charge is -2.52. The molecule has 5 rings (SSSR count). The highest BCUT2D eigenvalue weighted by Crippen LogP contribution is 2.55. The van der Waals surface area contributed by atoms with E-state index in [0.29, 0.717) is 23.1 Å². The van der Waals surface area contributed by atoms with Crippen LogP contribution in [-0.2, 0) is 4.74 Å². The van der Waals surface area contributed by atoms with Gasteiger partial charge in [-0.2, -0.15) is 0 Å².